The van der Waals surface area contributed by atoms with Gasteiger partial charge in [0.2, 0.25) is 0 Å². The van der Waals surface area contributed by atoms with Crippen LogP contribution in [-0.2, 0) is 9.84 Å². The Balaban J connectivity index is 1.19. The molecule has 8 rings (SSSR count). The van der Waals surface area contributed by atoms with Crippen LogP contribution in [-0.4, -0.2) is 77.5 Å². The first kappa shape index (κ1) is 38.1. The molecule has 2 N–H and O–H groups in total. The summed E-state index contributed by atoms with van der Waals surface area (Å²) in [6.45, 7) is 4.56. The van der Waals surface area contributed by atoms with Gasteiger partial charge in [-0.2, -0.15) is 5.26 Å². The lowest BCUT2D eigenvalue weighted by Crippen LogP contribution is -2.50. The second-order valence-corrected chi connectivity index (χ2v) is 17.9. The normalized spacial score (nSPS) is 16.8. The third-order valence-corrected chi connectivity index (χ3v) is 13.4. The second-order valence-electron chi connectivity index (χ2n) is 14.3. The molecule has 0 spiro atoms. The van der Waals surface area contributed by atoms with E-state index in [4.69, 9.17) is 39.8 Å². The van der Waals surface area contributed by atoms with Crippen LogP contribution in [0.5, 0.6) is 0 Å². The molecule has 1 amide bonds. The molecule has 2 aromatic heterocycles. The van der Waals surface area contributed by atoms with Crippen molar-refractivity contribution < 1.29 is 13.2 Å². The number of amides is 1. The lowest BCUT2D eigenvalue weighted by Gasteiger charge is -2.41. The van der Waals surface area contributed by atoms with Crippen molar-refractivity contribution >= 4 is 72.8 Å². The number of aromatic nitrogens is 3. The summed E-state index contributed by atoms with van der Waals surface area (Å²) >= 11 is 19.6. The van der Waals surface area contributed by atoms with E-state index in [-0.39, 0.29) is 23.6 Å². The number of hydrogen-bond donors (Lipinski definition) is 2. The number of nitrogens with zero attached hydrogens (tertiary/aromatic N) is 5. The van der Waals surface area contributed by atoms with Crippen molar-refractivity contribution in [3.8, 4) is 28.6 Å². The van der Waals surface area contributed by atoms with Crippen LogP contribution in [0.1, 0.15) is 47.4 Å². The molecule has 2 aliphatic rings. The van der Waals surface area contributed by atoms with Gasteiger partial charge in [0.25, 0.3) is 5.91 Å². The van der Waals surface area contributed by atoms with Crippen LogP contribution < -0.4 is 10.2 Å². The number of carbonyl (C=O) groups excluding carboxylic acids is 1. The zero-order valence-corrected chi connectivity index (χ0v) is 33.6. The van der Waals surface area contributed by atoms with Gasteiger partial charge < -0.3 is 19.8 Å². The van der Waals surface area contributed by atoms with Gasteiger partial charge in [-0.1, -0.05) is 77.3 Å². The zero-order chi connectivity index (χ0) is 39.1. The number of anilines is 2. The van der Waals surface area contributed by atoms with E-state index in [0.29, 0.717) is 80.7 Å². The Bertz CT molecular complexity index is 2600. The molecule has 2 aliphatic heterocycles. The minimum absolute atomic E-state index is 0.197. The highest BCUT2D eigenvalue weighted by atomic mass is 35.5. The van der Waals surface area contributed by atoms with E-state index in [2.05, 4.69) is 26.2 Å². The van der Waals surface area contributed by atoms with E-state index in [0.717, 1.165) is 35.0 Å². The Kier molecular flexibility index (Phi) is 10.6. The number of rotatable bonds is 8. The maximum atomic E-state index is 14.8. The van der Waals surface area contributed by atoms with Gasteiger partial charge in [-0.25, -0.2) is 13.4 Å². The quantitative estimate of drug-likeness (QED) is 0.157. The molecule has 4 aromatic carbocycles. The number of H-pyrrole nitrogens is 1. The summed E-state index contributed by atoms with van der Waals surface area (Å²) in [7, 11) is -2.97. The Morgan fingerprint density at radius 3 is 2.36 bits per heavy atom. The van der Waals surface area contributed by atoms with E-state index in [1.807, 2.05) is 60.0 Å². The number of benzene rings is 4. The highest BCUT2D eigenvalue weighted by molar-refractivity contribution is 7.91. The second kappa shape index (κ2) is 15.6. The van der Waals surface area contributed by atoms with Crippen LogP contribution in [0.2, 0.25) is 15.1 Å². The number of carbonyl (C=O) groups is 1. The van der Waals surface area contributed by atoms with Gasteiger partial charge in [-0.15, -0.1) is 0 Å². The first-order valence-corrected chi connectivity index (χ1v) is 21.4. The minimum Gasteiger partial charge on any atom is -0.370 e. The first-order valence-electron chi connectivity index (χ1n) is 18.4. The molecule has 14 heteroatoms. The monoisotopic (exact) mass is 825 g/mol. The lowest BCUT2D eigenvalue weighted by atomic mass is 9.99. The molecule has 0 unspecified atom stereocenters. The Morgan fingerprint density at radius 1 is 0.929 bits per heavy atom. The molecule has 1 atom stereocenters. The van der Waals surface area contributed by atoms with Crippen LogP contribution in [0, 0.1) is 11.3 Å². The van der Waals surface area contributed by atoms with Crippen LogP contribution in [0.4, 0.5) is 11.4 Å². The van der Waals surface area contributed by atoms with Gasteiger partial charge in [-0.05, 0) is 67.8 Å². The van der Waals surface area contributed by atoms with Crippen molar-refractivity contribution in [1.82, 2.24) is 19.4 Å². The van der Waals surface area contributed by atoms with Crippen LogP contribution in [0.15, 0.2) is 91.3 Å². The van der Waals surface area contributed by atoms with E-state index in [9.17, 15) is 18.5 Å². The average molecular weight is 827 g/mol. The number of fused-ring (bicyclic) bond motifs is 1. The number of sulfone groups is 1. The Labute approximate surface area is 340 Å². The van der Waals surface area contributed by atoms with Crippen molar-refractivity contribution in [3.05, 3.63) is 123 Å². The van der Waals surface area contributed by atoms with Gasteiger partial charge in [0, 0.05) is 69.3 Å². The van der Waals surface area contributed by atoms with E-state index in [1.54, 1.807) is 42.7 Å². The molecule has 0 radical (unpaired) electrons. The molecule has 2 saturated heterocycles. The van der Waals surface area contributed by atoms with Crippen molar-refractivity contribution in [2.24, 2.45) is 0 Å². The molecule has 0 aliphatic carbocycles. The third-order valence-electron chi connectivity index (χ3n) is 11.0. The smallest absolute Gasteiger partial charge is 0.272 e. The summed E-state index contributed by atoms with van der Waals surface area (Å²) in [6, 6.07) is 28.2. The summed E-state index contributed by atoms with van der Waals surface area (Å²) in [5, 5.41) is 15.4. The van der Waals surface area contributed by atoms with E-state index in [1.165, 1.54) is 0 Å². The number of aromatic amines is 1. The SMILES string of the molecule is C[C@@H](c1ccc(Cl)cc1Cl)n1cnc(-c2ccccc2)c1-c1c(C(=O)Nc2cc(C#N)ccc2N2CCC(N3CCS(=O)(=O)CC3)CC2)[nH]c2cc(Cl)ccc12. The number of hydrogen-bond acceptors (Lipinski definition) is 7. The summed E-state index contributed by atoms with van der Waals surface area (Å²) in [4.78, 5) is 27.7. The van der Waals surface area contributed by atoms with Crippen molar-refractivity contribution in [2.75, 3.05) is 47.9 Å². The van der Waals surface area contributed by atoms with Crippen LogP contribution >= 0.6 is 34.8 Å². The zero-order valence-electron chi connectivity index (χ0n) is 30.5. The summed E-state index contributed by atoms with van der Waals surface area (Å²) in [5.74, 6) is -0.0119. The molecule has 2 fully saturated rings. The average Bonchev–Trinajstić information content (AvgIpc) is 3.80. The molecular weight excluding hydrogens is 789 g/mol. The maximum Gasteiger partial charge on any atom is 0.272 e. The van der Waals surface area contributed by atoms with E-state index >= 15 is 0 Å². The minimum atomic E-state index is -2.97. The maximum absolute atomic E-state index is 14.8. The Hall–Kier alpha value is -4.83. The topological polar surface area (TPSA) is 127 Å². The molecule has 0 saturated carbocycles. The fourth-order valence-electron chi connectivity index (χ4n) is 8.02. The van der Waals surface area contributed by atoms with Gasteiger partial charge in [-0.3, -0.25) is 9.69 Å². The highest BCUT2D eigenvalue weighted by Crippen LogP contribution is 2.43. The molecule has 6 aromatic rings. The van der Waals surface area contributed by atoms with Crippen molar-refractivity contribution in [1.29, 1.82) is 5.26 Å². The number of nitriles is 1. The summed E-state index contributed by atoms with van der Waals surface area (Å²) in [6.07, 6.45) is 3.47. The van der Waals surface area contributed by atoms with Gasteiger partial charge >= 0.3 is 0 Å². The van der Waals surface area contributed by atoms with Crippen LogP contribution in [0.25, 0.3) is 33.4 Å². The van der Waals surface area contributed by atoms with E-state index < -0.39 is 15.7 Å². The molecule has 10 nitrogen and oxygen atoms in total. The van der Waals surface area contributed by atoms with Crippen LogP contribution in [0.3, 0.4) is 0 Å². The number of halogens is 3. The first-order chi connectivity index (χ1) is 27.0. The predicted octanol–water partition coefficient (Wildman–Crippen LogP) is 9.09. The fourth-order valence-corrected chi connectivity index (χ4v) is 9.98. The Morgan fingerprint density at radius 2 is 1.64 bits per heavy atom. The summed E-state index contributed by atoms with van der Waals surface area (Å²) < 4.78 is 26.1. The van der Waals surface area contributed by atoms with Gasteiger partial charge in [0.05, 0.1) is 58.3 Å². The molecular formula is C42H38Cl3N7O3S. The standard InChI is InChI=1S/C42H38Cl3N7O3S/c1-26(32-10-8-29(43)22-34(32)45)52-25-47-39(28-5-3-2-4-6-28)41(52)38-33-11-9-30(44)23-35(33)48-40(38)42(53)49-36-21-27(24-46)7-12-37(36)51-15-13-31(14-16-51)50-17-19-56(54,55)20-18-50/h2-12,21-23,25-26,31,48H,13-20H2,1H3,(H,49,53)/t26-/m0/s1. The van der Waals surface area contributed by atoms with Crippen molar-refractivity contribution in [2.45, 2.75) is 31.8 Å². The lowest BCUT2D eigenvalue weighted by molar-refractivity contribution is 0.102. The molecule has 4 heterocycles. The number of piperidine rings is 1. The molecule has 0 bridgehead atoms. The predicted molar refractivity (Wildman–Crippen MR) is 225 cm³/mol. The van der Waals surface area contributed by atoms with Gasteiger partial charge in [0.15, 0.2) is 9.84 Å². The fraction of sp³-hybridized carbons (Fsp3) is 0.262. The van der Waals surface area contributed by atoms with Gasteiger partial charge in [0.1, 0.15) is 5.69 Å². The largest absolute Gasteiger partial charge is 0.370 e. The summed E-state index contributed by atoms with van der Waals surface area (Å²) in [5.41, 5.74) is 6.39. The highest BCUT2D eigenvalue weighted by Gasteiger charge is 2.32. The molecule has 286 valence electrons. The number of imidazole rings is 1. The molecule has 56 heavy (non-hydrogen) atoms. The third kappa shape index (κ3) is 7.52. The van der Waals surface area contributed by atoms with Crippen molar-refractivity contribution in [3.63, 3.8) is 0 Å². The number of nitrogens with one attached hydrogen (secondary N) is 2.